The van der Waals surface area contributed by atoms with E-state index in [2.05, 4.69) is 22.3 Å². The minimum atomic E-state index is -1.13. The van der Waals surface area contributed by atoms with Crippen molar-refractivity contribution in [3.8, 4) is 0 Å². The van der Waals surface area contributed by atoms with E-state index in [9.17, 15) is 9.59 Å². The number of piperidine rings is 1. The Morgan fingerprint density at radius 2 is 2.15 bits per heavy atom. The lowest BCUT2D eigenvalue weighted by Crippen LogP contribution is -2.47. The third-order valence-electron chi connectivity index (χ3n) is 3.68. The number of nitrogens with one attached hydrogen (secondary N) is 1. The quantitative estimate of drug-likeness (QED) is 0.752. The topological polar surface area (TPSA) is 91.2 Å². The van der Waals surface area contributed by atoms with Crippen LogP contribution in [0.2, 0.25) is 0 Å². The number of oxime groups is 1. The van der Waals surface area contributed by atoms with E-state index >= 15 is 0 Å². The van der Waals surface area contributed by atoms with Crippen molar-refractivity contribution in [2.24, 2.45) is 5.16 Å². The van der Waals surface area contributed by atoms with Crippen LogP contribution in [0.4, 0.5) is 0 Å². The van der Waals surface area contributed by atoms with Crippen LogP contribution >= 0.6 is 0 Å². The van der Waals surface area contributed by atoms with Gasteiger partial charge in [0.1, 0.15) is 0 Å². The smallest absolute Gasteiger partial charge is 0.353 e. The summed E-state index contributed by atoms with van der Waals surface area (Å²) in [6.07, 6.45) is 2.23. The molecule has 2 rings (SSSR count). The fraction of sp³-hybridized carbons (Fsp3) is 0.769. The maximum Gasteiger partial charge on any atom is 0.353 e. The Hall–Kier alpha value is -1.63. The molecular formula is C13H21N3O4. The van der Waals surface area contributed by atoms with E-state index in [0.29, 0.717) is 0 Å². The van der Waals surface area contributed by atoms with Gasteiger partial charge in [0.15, 0.2) is 5.71 Å². The molecule has 0 bridgehead atoms. The van der Waals surface area contributed by atoms with Gasteiger partial charge in [-0.15, -0.1) is 0 Å². The van der Waals surface area contributed by atoms with Gasteiger partial charge in [-0.3, -0.25) is 4.79 Å². The number of rotatable bonds is 5. The Kier molecular flexibility index (Phi) is 4.94. The summed E-state index contributed by atoms with van der Waals surface area (Å²) in [5.74, 6) is -1.40. The van der Waals surface area contributed by atoms with Gasteiger partial charge in [0.05, 0.1) is 0 Å². The molecule has 0 aromatic heterocycles. The summed E-state index contributed by atoms with van der Waals surface area (Å²) >= 11 is 0. The van der Waals surface area contributed by atoms with E-state index in [1.807, 2.05) is 0 Å². The molecular weight excluding hydrogens is 262 g/mol. The number of carbonyl (C=O) groups is 2. The Morgan fingerprint density at radius 1 is 1.45 bits per heavy atom. The van der Waals surface area contributed by atoms with Gasteiger partial charge < -0.3 is 20.2 Å². The van der Waals surface area contributed by atoms with Crippen LogP contribution in [0.3, 0.4) is 0 Å². The Labute approximate surface area is 117 Å². The summed E-state index contributed by atoms with van der Waals surface area (Å²) in [6.45, 7) is 5.23. The molecule has 1 saturated heterocycles. The number of carboxylic acids is 1. The lowest BCUT2D eigenvalue weighted by atomic mass is 10.0. The number of aliphatic carboxylic acids is 1. The van der Waals surface area contributed by atoms with Crippen molar-refractivity contribution in [2.45, 2.75) is 44.8 Å². The van der Waals surface area contributed by atoms with Gasteiger partial charge in [-0.05, 0) is 25.8 Å². The highest BCUT2D eigenvalue weighted by atomic mass is 16.6. The first-order valence-electron chi connectivity index (χ1n) is 7.09. The van der Waals surface area contributed by atoms with Crippen LogP contribution < -0.4 is 5.32 Å². The van der Waals surface area contributed by atoms with Crippen molar-refractivity contribution in [3.63, 3.8) is 0 Å². The van der Waals surface area contributed by atoms with E-state index in [4.69, 9.17) is 9.94 Å². The van der Waals surface area contributed by atoms with Gasteiger partial charge in [-0.25, -0.2) is 4.79 Å². The highest BCUT2D eigenvalue weighted by Gasteiger charge is 2.33. The predicted molar refractivity (Wildman–Crippen MR) is 72.5 cm³/mol. The molecule has 2 aliphatic heterocycles. The van der Waals surface area contributed by atoms with Crippen LogP contribution in [-0.4, -0.2) is 59.4 Å². The molecule has 7 heteroatoms. The van der Waals surface area contributed by atoms with E-state index < -0.39 is 12.1 Å². The van der Waals surface area contributed by atoms with Crippen LogP contribution in [0.5, 0.6) is 0 Å². The van der Waals surface area contributed by atoms with Crippen LogP contribution in [0.25, 0.3) is 0 Å². The van der Waals surface area contributed by atoms with E-state index in [1.54, 1.807) is 0 Å². The third-order valence-corrected chi connectivity index (χ3v) is 3.68. The molecule has 112 valence electrons. The molecule has 0 aromatic rings. The molecule has 0 saturated carbocycles. The number of carbonyl (C=O) groups excluding carboxylic acids is 1. The number of carboxylic acid groups (broad SMARTS) is 1. The first-order chi connectivity index (χ1) is 9.60. The van der Waals surface area contributed by atoms with Crippen LogP contribution in [-0.2, 0) is 14.4 Å². The minimum Gasteiger partial charge on any atom is -0.477 e. The van der Waals surface area contributed by atoms with Gasteiger partial charge in [-0.1, -0.05) is 12.1 Å². The van der Waals surface area contributed by atoms with Crippen molar-refractivity contribution < 1.29 is 19.5 Å². The molecule has 1 atom stereocenters. The standard InChI is InChI=1S/C13H21N3O4/c1-2-5-16-6-3-9(4-7-16)14-12(17)11-8-10(13(18)19)15-20-11/h9,11H,2-8H2,1H3,(H,14,17)(H,18,19). The molecule has 1 fully saturated rings. The summed E-state index contributed by atoms with van der Waals surface area (Å²) in [5, 5.41) is 15.1. The summed E-state index contributed by atoms with van der Waals surface area (Å²) in [5.41, 5.74) is -0.0945. The molecule has 2 aliphatic rings. The normalized spacial score (nSPS) is 24.1. The van der Waals surface area contributed by atoms with Crippen molar-refractivity contribution in [1.29, 1.82) is 0 Å². The summed E-state index contributed by atoms with van der Waals surface area (Å²) in [4.78, 5) is 29.9. The monoisotopic (exact) mass is 283 g/mol. The number of amides is 1. The molecule has 2 heterocycles. The van der Waals surface area contributed by atoms with Crippen LogP contribution in [0.1, 0.15) is 32.6 Å². The number of likely N-dealkylation sites (tertiary alicyclic amines) is 1. The molecule has 0 aliphatic carbocycles. The minimum absolute atomic E-state index is 0.0375. The third kappa shape index (κ3) is 3.69. The molecule has 2 N–H and O–H groups in total. The Morgan fingerprint density at radius 3 is 2.70 bits per heavy atom. The Bertz CT molecular complexity index is 402. The summed E-state index contributed by atoms with van der Waals surface area (Å²) in [7, 11) is 0. The van der Waals surface area contributed by atoms with Gasteiger partial charge in [0.25, 0.3) is 5.91 Å². The highest BCUT2D eigenvalue weighted by molar-refractivity contribution is 6.36. The van der Waals surface area contributed by atoms with Crippen molar-refractivity contribution in [3.05, 3.63) is 0 Å². The zero-order valence-corrected chi connectivity index (χ0v) is 11.7. The van der Waals surface area contributed by atoms with E-state index in [-0.39, 0.29) is 24.1 Å². The molecule has 7 nitrogen and oxygen atoms in total. The van der Waals surface area contributed by atoms with E-state index in [1.165, 1.54) is 0 Å². The first kappa shape index (κ1) is 14.8. The highest BCUT2D eigenvalue weighted by Crippen LogP contribution is 2.14. The molecule has 0 aromatic carbocycles. The zero-order valence-electron chi connectivity index (χ0n) is 11.7. The largest absolute Gasteiger partial charge is 0.477 e. The van der Waals surface area contributed by atoms with Crippen LogP contribution in [0, 0.1) is 0 Å². The number of nitrogens with zero attached hydrogens (tertiary/aromatic N) is 2. The average Bonchev–Trinajstić information content (AvgIpc) is 2.91. The predicted octanol–water partition coefficient (Wildman–Crippen LogP) is 0.207. The summed E-state index contributed by atoms with van der Waals surface area (Å²) in [6, 6.07) is 0.146. The second kappa shape index (κ2) is 6.69. The summed E-state index contributed by atoms with van der Waals surface area (Å²) < 4.78 is 0. The van der Waals surface area contributed by atoms with Crippen molar-refractivity contribution in [1.82, 2.24) is 10.2 Å². The van der Waals surface area contributed by atoms with Crippen LogP contribution in [0.15, 0.2) is 5.16 Å². The van der Waals surface area contributed by atoms with Gasteiger partial charge in [0.2, 0.25) is 6.10 Å². The zero-order chi connectivity index (χ0) is 14.5. The van der Waals surface area contributed by atoms with Gasteiger partial charge in [-0.2, -0.15) is 0 Å². The molecule has 20 heavy (non-hydrogen) atoms. The van der Waals surface area contributed by atoms with Gasteiger partial charge >= 0.3 is 5.97 Å². The second-order valence-electron chi connectivity index (χ2n) is 5.27. The SMILES string of the molecule is CCCN1CCC(NC(=O)C2CC(C(=O)O)=NO2)CC1. The van der Waals surface area contributed by atoms with Crippen molar-refractivity contribution in [2.75, 3.05) is 19.6 Å². The number of hydrogen-bond acceptors (Lipinski definition) is 5. The lowest BCUT2D eigenvalue weighted by Gasteiger charge is -2.32. The average molecular weight is 283 g/mol. The maximum absolute atomic E-state index is 12.0. The number of hydrogen-bond donors (Lipinski definition) is 2. The molecule has 1 amide bonds. The van der Waals surface area contributed by atoms with Crippen molar-refractivity contribution >= 4 is 17.6 Å². The first-order valence-corrected chi connectivity index (χ1v) is 7.09. The van der Waals surface area contributed by atoms with Gasteiger partial charge in [0, 0.05) is 25.6 Å². The fourth-order valence-electron chi connectivity index (χ4n) is 2.56. The molecule has 0 spiro atoms. The molecule has 1 unspecified atom stereocenters. The lowest BCUT2D eigenvalue weighted by molar-refractivity contribution is -0.132. The maximum atomic E-state index is 12.0. The fourth-order valence-corrected chi connectivity index (χ4v) is 2.56. The van der Waals surface area contributed by atoms with E-state index in [0.717, 1.165) is 38.9 Å². The second-order valence-corrected chi connectivity index (χ2v) is 5.27. The molecule has 0 radical (unpaired) electrons. The Balaban J connectivity index is 1.73.